The summed E-state index contributed by atoms with van der Waals surface area (Å²) in [5.41, 5.74) is 1.20. The van der Waals surface area contributed by atoms with E-state index in [0.717, 1.165) is 6.42 Å². The SMILES string of the molecule is CCCC(CCc1ccn(C)n1)NC. The Morgan fingerprint density at radius 3 is 2.79 bits per heavy atom. The first-order valence-corrected chi connectivity index (χ1v) is 5.42. The van der Waals surface area contributed by atoms with Crippen LogP contribution in [0.2, 0.25) is 0 Å². The molecule has 1 unspecified atom stereocenters. The highest BCUT2D eigenvalue weighted by molar-refractivity contribution is 4.99. The molecule has 0 aliphatic carbocycles. The molecule has 1 rings (SSSR count). The van der Waals surface area contributed by atoms with Crippen LogP contribution in [0.5, 0.6) is 0 Å². The van der Waals surface area contributed by atoms with Gasteiger partial charge >= 0.3 is 0 Å². The number of nitrogens with one attached hydrogen (secondary N) is 1. The minimum atomic E-state index is 0.641. The van der Waals surface area contributed by atoms with Crippen molar-refractivity contribution in [2.75, 3.05) is 7.05 Å². The zero-order chi connectivity index (χ0) is 10.4. The minimum Gasteiger partial charge on any atom is -0.317 e. The fraction of sp³-hybridized carbons (Fsp3) is 0.727. The third-order valence-corrected chi connectivity index (χ3v) is 2.56. The molecular formula is C11H21N3. The van der Waals surface area contributed by atoms with Gasteiger partial charge in [-0.25, -0.2) is 0 Å². The van der Waals surface area contributed by atoms with Crippen LogP contribution >= 0.6 is 0 Å². The minimum absolute atomic E-state index is 0.641. The van der Waals surface area contributed by atoms with E-state index in [4.69, 9.17) is 0 Å². The van der Waals surface area contributed by atoms with Crippen LogP contribution < -0.4 is 5.32 Å². The summed E-state index contributed by atoms with van der Waals surface area (Å²) in [6, 6.07) is 2.74. The summed E-state index contributed by atoms with van der Waals surface area (Å²) in [7, 11) is 4.00. The largest absolute Gasteiger partial charge is 0.317 e. The third kappa shape index (κ3) is 3.50. The molecule has 3 nitrogen and oxygen atoms in total. The van der Waals surface area contributed by atoms with Crippen LogP contribution in [0.1, 0.15) is 31.9 Å². The smallest absolute Gasteiger partial charge is 0.0625 e. The van der Waals surface area contributed by atoms with Gasteiger partial charge in [0.15, 0.2) is 0 Å². The molecule has 0 bridgehead atoms. The standard InChI is InChI=1S/C11H21N3/c1-4-5-10(12-2)6-7-11-8-9-14(3)13-11/h8-10,12H,4-7H2,1-3H3. The van der Waals surface area contributed by atoms with E-state index in [1.807, 2.05) is 25.0 Å². The lowest BCUT2D eigenvalue weighted by Crippen LogP contribution is -2.25. The summed E-state index contributed by atoms with van der Waals surface area (Å²) >= 11 is 0. The molecule has 0 radical (unpaired) electrons. The molecule has 1 aromatic rings. The zero-order valence-electron chi connectivity index (χ0n) is 9.45. The van der Waals surface area contributed by atoms with Crippen molar-refractivity contribution in [3.63, 3.8) is 0 Å². The quantitative estimate of drug-likeness (QED) is 0.749. The molecule has 0 aromatic carbocycles. The van der Waals surface area contributed by atoms with Gasteiger partial charge in [-0.1, -0.05) is 13.3 Å². The van der Waals surface area contributed by atoms with E-state index in [-0.39, 0.29) is 0 Å². The van der Waals surface area contributed by atoms with Gasteiger partial charge in [-0.05, 0) is 32.4 Å². The van der Waals surface area contributed by atoms with Crippen molar-refractivity contribution in [2.24, 2.45) is 7.05 Å². The van der Waals surface area contributed by atoms with Crippen molar-refractivity contribution in [3.8, 4) is 0 Å². The first-order chi connectivity index (χ1) is 6.76. The van der Waals surface area contributed by atoms with E-state index in [1.165, 1.54) is 25.0 Å². The van der Waals surface area contributed by atoms with Gasteiger partial charge in [-0.2, -0.15) is 5.10 Å². The van der Waals surface area contributed by atoms with Crippen LogP contribution in [-0.4, -0.2) is 22.9 Å². The third-order valence-electron chi connectivity index (χ3n) is 2.56. The molecule has 1 aromatic heterocycles. The Hall–Kier alpha value is -0.830. The topological polar surface area (TPSA) is 29.9 Å². The molecule has 80 valence electrons. The second-order valence-corrected chi connectivity index (χ2v) is 3.79. The highest BCUT2D eigenvalue weighted by Gasteiger charge is 2.05. The molecule has 0 aliphatic rings. The van der Waals surface area contributed by atoms with Crippen molar-refractivity contribution in [1.29, 1.82) is 0 Å². The molecule has 0 fully saturated rings. The van der Waals surface area contributed by atoms with E-state index in [0.29, 0.717) is 6.04 Å². The Labute approximate surface area is 86.5 Å². The Bertz CT molecular complexity index is 255. The molecule has 0 spiro atoms. The number of aromatic nitrogens is 2. The summed E-state index contributed by atoms with van der Waals surface area (Å²) in [5, 5.41) is 7.71. The lowest BCUT2D eigenvalue weighted by Gasteiger charge is -2.13. The number of aryl methyl sites for hydroxylation is 2. The van der Waals surface area contributed by atoms with Crippen molar-refractivity contribution in [1.82, 2.24) is 15.1 Å². The van der Waals surface area contributed by atoms with E-state index < -0.39 is 0 Å². The van der Waals surface area contributed by atoms with E-state index in [9.17, 15) is 0 Å². The van der Waals surface area contributed by atoms with Crippen molar-refractivity contribution < 1.29 is 0 Å². The first-order valence-electron chi connectivity index (χ1n) is 5.42. The molecule has 1 heterocycles. The average Bonchev–Trinajstić information content (AvgIpc) is 2.59. The van der Waals surface area contributed by atoms with Gasteiger partial charge in [0, 0.05) is 19.3 Å². The number of nitrogens with zero attached hydrogens (tertiary/aromatic N) is 2. The lowest BCUT2D eigenvalue weighted by molar-refractivity contribution is 0.480. The predicted octanol–water partition coefficient (Wildman–Crippen LogP) is 1.74. The van der Waals surface area contributed by atoms with Crippen LogP contribution in [0.4, 0.5) is 0 Å². The van der Waals surface area contributed by atoms with E-state index in [1.54, 1.807) is 0 Å². The van der Waals surface area contributed by atoms with E-state index >= 15 is 0 Å². The molecule has 1 N–H and O–H groups in total. The van der Waals surface area contributed by atoms with Gasteiger partial charge in [0.05, 0.1) is 5.69 Å². The van der Waals surface area contributed by atoms with Crippen molar-refractivity contribution >= 4 is 0 Å². The summed E-state index contributed by atoms with van der Waals surface area (Å²) in [4.78, 5) is 0. The number of hydrogen-bond acceptors (Lipinski definition) is 2. The molecule has 0 saturated heterocycles. The second kappa shape index (κ2) is 5.81. The maximum absolute atomic E-state index is 4.37. The van der Waals surface area contributed by atoms with Crippen molar-refractivity contribution in [3.05, 3.63) is 18.0 Å². The zero-order valence-corrected chi connectivity index (χ0v) is 9.45. The summed E-state index contributed by atoms with van der Waals surface area (Å²) < 4.78 is 1.86. The highest BCUT2D eigenvalue weighted by Crippen LogP contribution is 2.06. The lowest BCUT2D eigenvalue weighted by atomic mass is 10.1. The second-order valence-electron chi connectivity index (χ2n) is 3.79. The molecule has 0 saturated carbocycles. The Kier molecular flexibility index (Phi) is 4.66. The van der Waals surface area contributed by atoms with Gasteiger partial charge in [0.2, 0.25) is 0 Å². The average molecular weight is 195 g/mol. The number of hydrogen-bond donors (Lipinski definition) is 1. The van der Waals surface area contributed by atoms with Gasteiger partial charge in [0.25, 0.3) is 0 Å². The van der Waals surface area contributed by atoms with Crippen LogP contribution in [0.25, 0.3) is 0 Å². The van der Waals surface area contributed by atoms with Gasteiger partial charge < -0.3 is 5.32 Å². The number of rotatable bonds is 6. The maximum atomic E-state index is 4.37. The molecular weight excluding hydrogens is 174 g/mol. The maximum Gasteiger partial charge on any atom is 0.0625 e. The molecule has 1 atom stereocenters. The Balaban J connectivity index is 2.31. The van der Waals surface area contributed by atoms with Crippen molar-refractivity contribution in [2.45, 2.75) is 38.6 Å². The molecule has 14 heavy (non-hydrogen) atoms. The van der Waals surface area contributed by atoms with Crippen LogP contribution in [0.15, 0.2) is 12.3 Å². The van der Waals surface area contributed by atoms with Crippen LogP contribution in [-0.2, 0) is 13.5 Å². The Morgan fingerprint density at radius 1 is 1.50 bits per heavy atom. The first kappa shape index (κ1) is 11.2. The van der Waals surface area contributed by atoms with Crippen LogP contribution in [0.3, 0.4) is 0 Å². The normalized spacial score (nSPS) is 13.1. The monoisotopic (exact) mass is 195 g/mol. The summed E-state index contributed by atoms with van der Waals surface area (Å²) in [5.74, 6) is 0. The molecule has 3 heteroatoms. The van der Waals surface area contributed by atoms with Gasteiger partial charge in [-0.15, -0.1) is 0 Å². The fourth-order valence-electron chi connectivity index (χ4n) is 1.70. The molecule has 0 aliphatic heterocycles. The summed E-state index contributed by atoms with van der Waals surface area (Å²) in [6.45, 7) is 2.23. The predicted molar refractivity (Wildman–Crippen MR) is 59.3 cm³/mol. The fourth-order valence-corrected chi connectivity index (χ4v) is 1.70. The molecule has 0 amide bonds. The summed E-state index contributed by atoms with van der Waals surface area (Å²) in [6.07, 6.45) is 6.76. The highest BCUT2D eigenvalue weighted by atomic mass is 15.2. The van der Waals surface area contributed by atoms with E-state index in [2.05, 4.69) is 23.4 Å². The van der Waals surface area contributed by atoms with Gasteiger partial charge in [0.1, 0.15) is 0 Å². The van der Waals surface area contributed by atoms with Crippen LogP contribution in [0, 0.1) is 0 Å². The van der Waals surface area contributed by atoms with Gasteiger partial charge in [-0.3, -0.25) is 4.68 Å². The Morgan fingerprint density at radius 2 is 2.29 bits per heavy atom.